The third kappa shape index (κ3) is 68.2. The molecule has 480 valence electrons. The molecule has 0 bridgehead atoms. The number of rotatable bonds is 68. The third-order valence-corrected chi connectivity index (χ3v) is 16.5. The van der Waals surface area contributed by atoms with Crippen molar-refractivity contribution in [1.82, 2.24) is 0 Å². The zero-order valence-corrected chi connectivity index (χ0v) is 55.3. The standard InChI is InChI=1S/C76H140O6/c1-4-7-10-13-16-19-22-25-27-29-31-33-35-36-37-38-39-40-42-43-45-47-49-51-54-57-60-63-66-69-75(78)81-72-73(71-80-74(77)68-65-62-59-56-53-24-21-18-15-12-9-6-3)82-76(79)70-67-64-61-58-55-52-50-48-46-44-41-34-32-30-28-26-23-20-17-14-11-8-5-2/h18,21-22,25,29-32,73H,4-17,19-20,23-24,26-28,33-72H2,1-3H3/b21-18-,25-22-,31-29-,32-30-. The summed E-state index contributed by atoms with van der Waals surface area (Å²) in [4.78, 5) is 38.4. The molecule has 0 aliphatic carbocycles. The molecule has 82 heavy (non-hydrogen) atoms. The molecule has 0 fully saturated rings. The molecule has 0 aromatic rings. The van der Waals surface area contributed by atoms with Gasteiger partial charge in [-0.1, -0.05) is 326 Å². The van der Waals surface area contributed by atoms with Gasteiger partial charge in [0.25, 0.3) is 0 Å². The number of carbonyl (C=O) groups is 3. The summed E-state index contributed by atoms with van der Waals surface area (Å²) in [7, 11) is 0. The normalized spacial score (nSPS) is 12.3. The largest absolute Gasteiger partial charge is 0.462 e. The highest BCUT2D eigenvalue weighted by atomic mass is 16.6. The predicted molar refractivity (Wildman–Crippen MR) is 358 cm³/mol. The van der Waals surface area contributed by atoms with Gasteiger partial charge in [0.05, 0.1) is 0 Å². The van der Waals surface area contributed by atoms with Crippen molar-refractivity contribution in [3.8, 4) is 0 Å². The van der Waals surface area contributed by atoms with Gasteiger partial charge in [-0.3, -0.25) is 14.4 Å². The first-order valence-electron chi connectivity index (χ1n) is 36.6. The molecule has 0 spiro atoms. The molecule has 0 aromatic carbocycles. The summed E-state index contributed by atoms with van der Waals surface area (Å²) in [6.45, 7) is 6.66. The van der Waals surface area contributed by atoms with E-state index in [1.165, 1.54) is 289 Å². The molecule has 0 aromatic heterocycles. The Kier molecular flexibility index (Phi) is 68.6. The molecule has 0 N–H and O–H groups in total. The summed E-state index contributed by atoms with van der Waals surface area (Å²) in [5, 5.41) is 0. The fourth-order valence-corrected chi connectivity index (χ4v) is 11.0. The highest BCUT2D eigenvalue weighted by Crippen LogP contribution is 2.18. The summed E-state index contributed by atoms with van der Waals surface area (Å²) < 4.78 is 17.0. The average molecular weight is 1150 g/mol. The average Bonchev–Trinajstić information content (AvgIpc) is 3.47. The van der Waals surface area contributed by atoms with Gasteiger partial charge in [-0.05, 0) is 103 Å². The van der Waals surface area contributed by atoms with E-state index in [-0.39, 0.29) is 31.1 Å². The van der Waals surface area contributed by atoms with Crippen LogP contribution in [0.4, 0.5) is 0 Å². The SMILES string of the molecule is CCCCC/C=C\CCCCCCCC(=O)OCC(COC(=O)CCCCCCCCCCCCCCCCCCC/C=C\C/C=C\CCCCCCC)OC(=O)CCCCCCCCCCCCC/C=C\CCCCCCCCCC. The lowest BCUT2D eigenvalue weighted by Gasteiger charge is -2.18. The highest BCUT2D eigenvalue weighted by Gasteiger charge is 2.19. The molecule has 6 heteroatoms. The zero-order valence-electron chi connectivity index (χ0n) is 55.3. The molecule has 1 atom stereocenters. The predicted octanol–water partition coefficient (Wildman–Crippen LogP) is 25.3. The molecule has 0 rings (SSSR count). The van der Waals surface area contributed by atoms with Crippen molar-refractivity contribution in [3.05, 3.63) is 48.6 Å². The van der Waals surface area contributed by atoms with Crippen molar-refractivity contribution in [2.75, 3.05) is 13.2 Å². The van der Waals surface area contributed by atoms with Crippen molar-refractivity contribution >= 4 is 17.9 Å². The van der Waals surface area contributed by atoms with Crippen molar-refractivity contribution in [2.24, 2.45) is 0 Å². The highest BCUT2D eigenvalue weighted by molar-refractivity contribution is 5.71. The van der Waals surface area contributed by atoms with E-state index in [1.807, 2.05) is 0 Å². The Morgan fingerprint density at radius 1 is 0.244 bits per heavy atom. The lowest BCUT2D eigenvalue weighted by Crippen LogP contribution is -2.30. The van der Waals surface area contributed by atoms with Gasteiger partial charge in [-0.25, -0.2) is 0 Å². The van der Waals surface area contributed by atoms with E-state index in [2.05, 4.69) is 69.4 Å². The van der Waals surface area contributed by atoms with Crippen LogP contribution in [0.3, 0.4) is 0 Å². The molecular formula is C76H140O6. The molecule has 0 heterocycles. The third-order valence-electron chi connectivity index (χ3n) is 16.5. The van der Waals surface area contributed by atoms with E-state index in [4.69, 9.17) is 14.2 Å². The van der Waals surface area contributed by atoms with Gasteiger partial charge in [-0.15, -0.1) is 0 Å². The molecular weight excluding hydrogens is 1010 g/mol. The lowest BCUT2D eigenvalue weighted by atomic mass is 10.0. The second-order valence-corrected chi connectivity index (χ2v) is 24.8. The molecule has 0 radical (unpaired) electrons. The van der Waals surface area contributed by atoms with Gasteiger partial charge in [0.15, 0.2) is 6.10 Å². The Morgan fingerprint density at radius 2 is 0.439 bits per heavy atom. The monoisotopic (exact) mass is 1150 g/mol. The number of unbranched alkanes of at least 4 members (excludes halogenated alkanes) is 49. The van der Waals surface area contributed by atoms with E-state index < -0.39 is 6.10 Å². The van der Waals surface area contributed by atoms with Crippen molar-refractivity contribution < 1.29 is 28.6 Å². The first kappa shape index (κ1) is 79.4. The number of hydrogen-bond acceptors (Lipinski definition) is 6. The fraction of sp³-hybridized carbons (Fsp3) is 0.855. The Bertz CT molecular complexity index is 1410. The minimum Gasteiger partial charge on any atom is -0.462 e. The Hall–Kier alpha value is -2.63. The summed E-state index contributed by atoms with van der Waals surface area (Å²) in [6, 6.07) is 0. The van der Waals surface area contributed by atoms with E-state index in [1.54, 1.807) is 0 Å². The molecule has 0 aliphatic heterocycles. The first-order valence-corrected chi connectivity index (χ1v) is 36.6. The van der Waals surface area contributed by atoms with Gasteiger partial charge >= 0.3 is 17.9 Å². The van der Waals surface area contributed by atoms with Gasteiger partial charge in [-0.2, -0.15) is 0 Å². The summed E-state index contributed by atoms with van der Waals surface area (Å²) in [6.07, 6.45) is 90.1. The molecule has 0 amide bonds. The number of esters is 3. The van der Waals surface area contributed by atoms with Crippen molar-refractivity contribution in [3.63, 3.8) is 0 Å². The van der Waals surface area contributed by atoms with Gasteiger partial charge < -0.3 is 14.2 Å². The minimum absolute atomic E-state index is 0.0718. The summed E-state index contributed by atoms with van der Waals surface area (Å²) >= 11 is 0. The number of hydrogen-bond donors (Lipinski definition) is 0. The second-order valence-electron chi connectivity index (χ2n) is 24.8. The summed E-state index contributed by atoms with van der Waals surface area (Å²) in [5.41, 5.74) is 0. The smallest absolute Gasteiger partial charge is 0.306 e. The number of carbonyl (C=O) groups excluding carboxylic acids is 3. The van der Waals surface area contributed by atoms with Crippen LogP contribution < -0.4 is 0 Å². The van der Waals surface area contributed by atoms with Crippen LogP contribution in [0.1, 0.15) is 400 Å². The molecule has 0 aliphatic rings. The zero-order chi connectivity index (χ0) is 59.2. The van der Waals surface area contributed by atoms with E-state index in [9.17, 15) is 14.4 Å². The minimum atomic E-state index is -0.776. The van der Waals surface area contributed by atoms with E-state index >= 15 is 0 Å². The van der Waals surface area contributed by atoms with Gasteiger partial charge in [0.2, 0.25) is 0 Å². The maximum absolute atomic E-state index is 13.0. The van der Waals surface area contributed by atoms with Crippen molar-refractivity contribution in [2.45, 2.75) is 406 Å². The number of ether oxygens (including phenoxy) is 3. The van der Waals surface area contributed by atoms with Gasteiger partial charge in [0, 0.05) is 19.3 Å². The van der Waals surface area contributed by atoms with Gasteiger partial charge in [0.1, 0.15) is 13.2 Å². The Labute approximate surface area is 511 Å². The van der Waals surface area contributed by atoms with E-state index in [0.717, 1.165) is 70.6 Å². The maximum atomic E-state index is 13.0. The molecule has 1 unspecified atom stereocenters. The topological polar surface area (TPSA) is 78.9 Å². The number of allylic oxidation sites excluding steroid dienone is 8. The van der Waals surface area contributed by atoms with Crippen LogP contribution in [0.15, 0.2) is 48.6 Å². The second kappa shape index (κ2) is 70.9. The van der Waals surface area contributed by atoms with Crippen LogP contribution in [0.5, 0.6) is 0 Å². The first-order chi connectivity index (χ1) is 40.5. The molecule has 6 nitrogen and oxygen atoms in total. The summed E-state index contributed by atoms with van der Waals surface area (Å²) in [5.74, 6) is -0.856. The Balaban J connectivity index is 4.18. The van der Waals surface area contributed by atoms with Crippen LogP contribution in [0, 0.1) is 0 Å². The molecule has 0 saturated heterocycles. The van der Waals surface area contributed by atoms with Crippen LogP contribution in [0.25, 0.3) is 0 Å². The van der Waals surface area contributed by atoms with E-state index in [0.29, 0.717) is 19.3 Å². The van der Waals surface area contributed by atoms with Crippen LogP contribution in [-0.4, -0.2) is 37.2 Å². The van der Waals surface area contributed by atoms with Crippen molar-refractivity contribution in [1.29, 1.82) is 0 Å². The van der Waals surface area contributed by atoms with Crippen LogP contribution >= 0.6 is 0 Å². The molecule has 0 saturated carbocycles. The quantitative estimate of drug-likeness (QED) is 0.0261. The van der Waals surface area contributed by atoms with Crippen LogP contribution in [-0.2, 0) is 28.6 Å². The lowest BCUT2D eigenvalue weighted by molar-refractivity contribution is -0.167. The Morgan fingerprint density at radius 3 is 0.707 bits per heavy atom. The maximum Gasteiger partial charge on any atom is 0.306 e. The van der Waals surface area contributed by atoms with Crippen LogP contribution in [0.2, 0.25) is 0 Å². The fourth-order valence-electron chi connectivity index (χ4n) is 11.0.